The van der Waals surface area contributed by atoms with Gasteiger partial charge < -0.3 is 9.30 Å². The van der Waals surface area contributed by atoms with Crippen LogP contribution in [0.5, 0.6) is 0 Å². The van der Waals surface area contributed by atoms with E-state index in [1.807, 2.05) is 49.6 Å². The largest absolute Gasteiger partial charge is 0.468 e. The van der Waals surface area contributed by atoms with E-state index in [4.69, 9.17) is 4.74 Å². The van der Waals surface area contributed by atoms with Gasteiger partial charge in [-0.1, -0.05) is 37.3 Å². The molecule has 2 aromatic rings. The van der Waals surface area contributed by atoms with Crippen molar-refractivity contribution in [2.75, 3.05) is 13.4 Å². The Balaban J connectivity index is 2.50. The first-order valence-electron chi connectivity index (χ1n) is 7.88. The summed E-state index contributed by atoms with van der Waals surface area (Å²) in [5.41, 5.74) is 2.31. The average Bonchev–Trinajstić information content (AvgIpc) is 2.62. The lowest BCUT2D eigenvalue weighted by Crippen LogP contribution is -2.36. The zero-order valence-corrected chi connectivity index (χ0v) is 15.4. The van der Waals surface area contributed by atoms with E-state index >= 15 is 0 Å². The minimum Gasteiger partial charge on any atom is -0.468 e. The molecule has 0 fully saturated rings. The Morgan fingerprint density at radius 3 is 2.46 bits per heavy atom. The van der Waals surface area contributed by atoms with Gasteiger partial charge in [0.15, 0.2) is 0 Å². The first kappa shape index (κ1) is 18.3. The molecule has 0 amide bonds. The van der Waals surface area contributed by atoms with Gasteiger partial charge in [-0.05, 0) is 36.8 Å². The predicted octanol–water partition coefficient (Wildman–Crippen LogP) is 3.35. The summed E-state index contributed by atoms with van der Waals surface area (Å²) in [7, 11) is 1.38. The van der Waals surface area contributed by atoms with Crippen LogP contribution < -0.4 is 5.56 Å². The van der Waals surface area contributed by atoms with E-state index in [-0.39, 0.29) is 11.5 Å². The Kier molecular flexibility index (Phi) is 5.89. The molecule has 4 nitrogen and oxygen atoms in total. The summed E-state index contributed by atoms with van der Waals surface area (Å²) in [6, 6.07) is 11.7. The van der Waals surface area contributed by atoms with Gasteiger partial charge in [0, 0.05) is 11.8 Å². The van der Waals surface area contributed by atoms with Crippen LogP contribution in [0.25, 0.3) is 0 Å². The van der Waals surface area contributed by atoms with Crippen molar-refractivity contribution in [3.05, 3.63) is 69.6 Å². The van der Waals surface area contributed by atoms with Crippen LogP contribution in [0, 0.1) is 6.92 Å². The fourth-order valence-corrected chi connectivity index (χ4v) is 3.96. The van der Waals surface area contributed by atoms with Crippen molar-refractivity contribution in [1.29, 1.82) is 0 Å². The van der Waals surface area contributed by atoms with E-state index in [1.54, 1.807) is 17.7 Å². The quantitative estimate of drug-likeness (QED) is 0.754. The zero-order valence-electron chi connectivity index (χ0n) is 14.5. The molecule has 1 heterocycles. The standard InChI is InChI=1S/C19H23NO3S/c1-5-19(24-4,18(22)23-3)16-11-12-20(17(21)14(16)2)13-15-9-7-6-8-10-15/h6-12H,5,13H2,1-4H3. The van der Waals surface area contributed by atoms with Crippen LogP contribution in [-0.4, -0.2) is 23.9 Å². The Morgan fingerprint density at radius 1 is 1.25 bits per heavy atom. The first-order valence-corrected chi connectivity index (χ1v) is 9.10. The van der Waals surface area contributed by atoms with Crippen molar-refractivity contribution in [2.24, 2.45) is 0 Å². The molecule has 0 N–H and O–H groups in total. The fourth-order valence-electron chi connectivity index (χ4n) is 2.98. The Hall–Kier alpha value is -2.01. The highest BCUT2D eigenvalue weighted by Gasteiger charge is 2.40. The Bertz CT molecular complexity index is 764. The van der Waals surface area contributed by atoms with Crippen LogP contribution in [0.1, 0.15) is 30.0 Å². The molecular weight excluding hydrogens is 322 g/mol. The summed E-state index contributed by atoms with van der Waals surface area (Å²) in [4.78, 5) is 25.2. The van der Waals surface area contributed by atoms with E-state index in [1.165, 1.54) is 18.9 Å². The normalized spacial score (nSPS) is 13.3. The number of methoxy groups -OCH3 is 1. The van der Waals surface area contributed by atoms with Crippen molar-refractivity contribution < 1.29 is 9.53 Å². The summed E-state index contributed by atoms with van der Waals surface area (Å²) in [6.45, 7) is 4.22. The number of rotatable bonds is 6. The van der Waals surface area contributed by atoms with Crippen molar-refractivity contribution in [2.45, 2.75) is 31.6 Å². The molecule has 128 valence electrons. The molecule has 1 unspecified atom stereocenters. The van der Waals surface area contributed by atoms with E-state index < -0.39 is 4.75 Å². The lowest BCUT2D eigenvalue weighted by atomic mass is 9.92. The molecule has 0 saturated heterocycles. The molecule has 1 atom stereocenters. The van der Waals surface area contributed by atoms with Crippen molar-refractivity contribution in [3.8, 4) is 0 Å². The summed E-state index contributed by atoms with van der Waals surface area (Å²) >= 11 is 1.41. The second kappa shape index (κ2) is 7.71. The summed E-state index contributed by atoms with van der Waals surface area (Å²) in [5.74, 6) is -0.319. The minimum atomic E-state index is -0.843. The van der Waals surface area contributed by atoms with Gasteiger partial charge in [-0.2, -0.15) is 0 Å². The molecule has 0 spiro atoms. The predicted molar refractivity (Wildman–Crippen MR) is 98.5 cm³/mol. The zero-order chi connectivity index (χ0) is 17.7. The lowest BCUT2D eigenvalue weighted by Gasteiger charge is -2.29. The highest BCUT2D eigenvalue weighted by atomic mass is 32.2. The Morgan fingerprint density at radius 2 is 1.92 bits per heavy atom. The number of carbonyl (C=O) groups is 1. The number of hydrogen-bond donors (Lipinski definition) is 0. The van der Waals surface area contributed by atoms with E-state index in [2.05, 4.69) is 0 Å². The van der Waals surface area contributed by atoms with Crippen LogP contribution >= 0.6 is 11.8 Å². The summed E-state index contributed by atoms with van der Waals surface area (Å²) < 4.78 is 5.83. The van der Waals surface area contributed by atoms with Gasteiger partial charge in [0.05, 0.1) is 13.7 Å². The van der Waals surface area contributed by atoms with Crippen molar-refractivity contribution in [1.82, 2.24) is 4.57 Å². The topological polar surface area (TPSA) is 48.3 Å². The number of esters is 1. The third kappa shape index (κ3) is 3.26. The molecule has 0 aliphatic carbocycles. The third-order valence-corrected chi connectivity index (χ3v) is 5.77. The van der Waals surface area contributed by atoms with Gasteiger partial charge in [-0.15, -0.1) is 11.8 Å². The van der Waals surface area contributed by atoms with Gasteiger partial charge in [-0.25, -0.2) is 0 Å². The number of nitrogens with zero attached hydrogens (tertiary/aromatic N) is 1. The smallest absolute Gasteiger partial charge is 0.326 e. The van der Waals surface area contributed by atoms with Crippen LogP contribution in [-0.2, 0) is 20.8 Å². The molecule has 0 aliphatic rings. The Labute approximate surface area is 146 Å². The molecule has 1 aromatic carbocycles. The first-order chi connectivity index (χ1) is 11.5. The number of benzene rings is 1. The van der Waals surface area contributed by atoms with Gasteiger partial charge in [0.25, 0.3) is 5.56 Å². The number of pyridine rings is 1. The molecule has 0 saturated carbocycles. The minimum absolute atomic E-state index is 0.0767. The summed E-state index contributed by atoms with van der Waals surface area (Å²) in [6.07, 6.45) is 4.19. The van der Waals surface area contributed by atoms with Gasteiger partial charge in [0.2, 0.25) is 0 Å². The van der Waals surface area contributed by atoms with Crippen molar-refractivity contribution >= 4 is 17.7 Å². The molecule has 0 aliphatic heterocycles. The molecule has 5 heteroatoms. The van der Waals surface area contributed by atoms with Gasteiger partial charge in [0.1, 0.15) is 4.75 Å². The number of ether oxygens (including phenoxy) is 1. The van der Waals surface area contributed by atoms with Crippen molar-refractivity contribution in [3.63, 3.8) is 0 Å². The molecular formula is C19H23NO3S. The van der Waals surface area contributed by atoms with E-state index in [0.29, 0.717) is 18.5 Å². The number of aromatic nitrogens is 1. The maximum absolute atomic E-state index is 12.8. The van der Waals surface area contributed by atoms with Gasteiger partial charge >= 0.3 is 5.97 Å². The fraction of sp³-hybridized carbons (Fsp3) is 0.368. The van der Waals surface area contributed by atoms with Crippen LogP contribution in [0.4, 0.5) is 0 Å². The summed E-state index contributed by atoms with van der Waals surface area (Å²) in [5, 5.41) is 0. The monoisotopic (exact) mass is 345 g/mol. The van der Waals surface area contributed by atoms with Crippen LogP contribution in [0.3, 0.4) is 0 Å². The van der Waals surface area contributed by atoms with Crippen LogP contribution in [0.2, 0.25) is 0 Å². The molecule has 24 heavy (non-hydrogen) atoms. The lowest BCUT2D eigenvalue weighted by molar-refractivity contribution is -0.143. The maximum Gasteiger partial charge on any atom is 0.326 e. The van der Waals surface area contributed by atoms with E-state index in [0.717, 1.165) is 11.1 Å². The number of thioether (sulfide) groups is 1. The number of hydrogen-bond acceptors (Lipinski definition) is 4. The number of carbonyl (C=O) groups excluding carboxylic acids is 1. The molecule has 1 aromatic heterocycles. The van der Waals surface area contributed by atoms with E-state index in [9.17, 15) is 9.59 Å². The molecule has 0 radical (unpaired) electrons. The maximum atomic E-state index is 12.8. The average molecular weight is 345 g/mol. The third-order valence-electron chi connectivity index (χ3n) is 4.40. The molecule has 0 bridgehead atoms. The highest BCUT2D eigenvalue weighted by Crippen LogP contribution is 2.40. The highest BCUT2D eigenvalue weighted by molar-refractivity contribution is 8.00. The van der Waals surface area contributed by atoms with Gasteiger partial charge in [-0.3, -0.25) is 9.59 Å². The van der Waals surface area contributed by atoms with Crippen LogP contribution in [0.15, 0.2) is 47.4 Å². The second-order valence-electron chi connectivity index (χ2n) is 5.65. The molecule has 2 rings (SSSR count). The SMILES string of the molecule is CCC(SC)(C(=O)OC)c1ccn(Cc2ccccc2)c(=O)c1C. The second-order valence-corrected chi connectivity index (χ2v) is 6.75.